The van der Waals surface area contributed by atoms with Crippen molar-refractivity contribution in [2.24, 2.45) is 0 Å². The molecule has 0 saturated heterocycles. The molecular weight excluding hydrogens is 244 g/mol. The molecule has 1 rings (SSSR count). The lowest BCUT2D eigenvalue weighted by Gasteiger charge is -2.33. The summed E-state index contributed by atoms with van der Waals surface area (Å²) in [6, 6.07) is 5.38. The van der Waals surface area contributed by atoms with E-state index in [-0.39, 0.29) is 5.56 Å². The second-order valence-corrected chi connectivity index (χ2v) is 3.81. The number of aliphatic carboxylic acids is 2. The molecule has 0 heterocycles. The Morgan fingerprint density at radius 2 is 1.50 bits per heavy atom. The lowest BCUT2D eigenvalue weighted by Crippen LogP contribution is -2.61. The van der Waals surface area contributed by atoms with Crippen LogP contribution in [0, 0.1) is 6.92 Å². The van der Waals surface area contributed by atoms with Crippen LogP contribution in [0.5, 0.6) is 0 Å². The third-order valence-corrected chi connectivity index (χ3v) is 2.65. The van der Waals surface area contributed by atoms with Crippen LogP contribution < -0.4 is 0 Å². The van der Waals surface area contributed by atoms with Crippen molar-refractivity contribution in [3.63, 3.8) is 0 Å². The molecule has 0 aliphatic carbocycles. The minimum Gasteiger partial charge on any atom is -0.479 e. The average Bonchev–Trinajstić information content (AvgIpc) is 2.27. The van der Waals surface area contributed by atoms with Crippen LogP contribution in [0.1, 0.15) is 11.1 Å². The Hall–Kier alpha value is -1.96. The predicted molar refractivity (Wildman–Crippen MR) is 57.5 cm³/mol. The molecule has 5 N–H and O–H groups in total. The number of rotatable bonds is 4. The Morgan fingerprint density at radius 3 is 1.89 bits per heavy atom. The highest BCUT2D eigenvalue weighted by atomic mass is 16.6. The molecule has 1 aromatic carbocycles. The largest absolute Gasteiger partial charge is 0.479 e. The van der Waals surface area contributed by atoms with E-state index in [0.29, 0.717) is 0 Å². The molecule has 18 heavy (non-hydrogen) atoms. The minimum atomic E-state index is -3.86. The number of aliphatic hydroxyl groups is 3. The quantitative estimate of drug-likeness (QED) is 0.437. The van der Waals surface area contributed by atoms with Crippen LogP contribution in [0.15, 0.2) is 24.3 Å². The number of carboxylic acid groups (broad SMARTS) is 2. The van der Waals surface area contributed by atoms with Gasteiger partial charge in [0.15, 0.2) is 0 Å². The smallest absolute Gasteiger partial charge is 0.368 e. The van der Waals surface area contributed by atoms with Crippen LogP contribution in [0.4, 0.5) is 0 Å². The Bertz CT molecular complexity index is 494. The van der Waals surface area contributed by atoms with Crippen LogP contribution in [-0.2, 0) is 15.2 Å². The number of hydrogen-bond acceptors (Lipinski definition) is 5. The minimum absolute atomic E-state index is 0.205. The molecule has 0 saturated carbocycles. The standard InChI is InChI=1S/C11H12O7/c1-6-4-2-3-5-7(6)10(16,8(12)13)11(17,18)9(14)15/h2-5,16-18H,1H3,(H,12,13)(H,14,15). The first kappa shape index (κ1) is 14.1. The first-order valence-electron chi connectivity index (χ1n) is 4.85. The van der Waals surface area contributed by atoms with Crippen molar-refractivity contribution in [2.45, 2.75) is 18.3 Å². The van der Waals surface area contributed by atoms with Gasteiger partial charge in [-0.1, -0.05) is 24.3 Å². The van der Waals surface area contributed by atoms with E-state index in [0.717, 1.165) is 6.07 Å². The van der Waals surface area contributed by atoms with Gasteiger partial charge in [-0.3, -0.25) is 0 Å². The molecule has 0 spiro atoms. The SMILES string of the molecule is Cc1ccccc1C(O)(C(=O)O)C(O)(O)C(=O)O. The summed E-state index contributed by atoms with van der Waals surface area (Å²) < 4.78 is 0. The summed E-state index contributed by atoms with van der Waals surface area (Å²) >= 11 is 0. The molecule has 0 fully saturated rings. The van der Waals surface area contributed by atoms with Gasteiger partial charge < -0.3 is 25.5 Å². The van der Waals surface area contributed by atoms with Crippen molar-refractivity contribution in [1.82, 2.24) is 0 Å². The molecule has 0 radical (unpaired) electrons. The summed E-state index contributed by atoms with van der Waals surface area (Å²) in [7, 11) is 0. The maximum atomic E-state index is 11.1. The molecule has 0 aromatic heterocycles. The third kappa shape index (κ3) is 1.84. The molecule has 0 aliphatic rings. The highest BCUT2D eigenvalue weighted by Gasteiger charge is 2.62. The Balaban J connectivity index is 3.57. The summed E-state index contributed by atoms with van der Waals surface area (Å²) in [6.45, 7) is 1.40. The van der Waals surface area contributed by atoms with Gasteiger partial charge in [-0.2, -0.15) is 0 Å². The van der Waals surface area contributed by atoms with E-state index >= 15 is 0 Å². The second-order valence-electron chi connectivity index (χ2n) is 3.81. The predicted octanol–water partition coefficient (Wildman–Crippen LogP) is -0.967. The van der Waals surface area contributed by atoms with E-state index in [1.165, 1.54) is 25.1 Å². The van der Waals surface area contributed by atoms with Gasteiger partial charge in [0, 0.05) is 5.56 Å². The van der Waals surface area contributed by atoms with Crippen molar-refractivity contribution < 1.29 is 35.1 Å². The molecule has 1 aromatic rings. The molecule has 0 bridgehead atoms. The maximum absolute atomic E-state index is 11.1. The lowest BCUT2D eigenvalue weighted by molar-refractivity contribution is -0.275. The maximum Gasteiger partial charge on any atom is 0.368 e. The number of benzene rings is 1. The number of carboxylic acids is 2. The van der Waals surface area contributed by atoms with Crippen molar-refractivity contribution >= 4 is 11.9 Å². The molecule has 1 unspecified atom stereocenters. The average molecular weight is 256 g/mol. The van der Waals surface area contributed by atoms with E-state index in [9.17, 15) is 24.9 Å². The summed E-state index contributed by atoms with van der Waals surface area (Å²) in [5.41, 5.74) is -3.58. The summed E-state index contributed by atoms with van der Waals surface area (Å²) in [5, 5.41) is 46.3. The van der Waals surface area contributed by atoms with Gasteiger partial charge in [0.25, 0.3) is 5.60 Å². The molecule has 98 valence electrons. The van der Waals surface area contributed by atoms with Crippen LogP contribution in [0.25, 0.3) is 0 Å². The molecule has 7 heteroatoms. The summed E-state index contributed by atoms with van der Waals surface area (Å²) in [5.74, 6) is -8.20. The number of aryl methyl sites for hydroxylation is 1. The molecule has 7 nitrogen and oxygen atoms in total. The molecule has 0 aliphatic heterocycles. The Labute approximate surface area is 102 Å². The summed E-state index contributed by atoms with van der Waals surface area (Å²) in [4.78, 5) is 21.8. The van der Waals surface area contributed by atoms with Gasteiger partial charge in [0.1, 0.15) is 0 Å². The zero-order valence-corrected chi connectivity index (χ0v) is 9.36. The number of hydrogen-bond donors (Lipinski definition) is 5. The van der Waals surface area contributed by atoms with Crippen LogP contribution >= 0.6 is 0 Å². The van der Waals surface area contributed by atoms with E-state index in [4.69, 9.17) is 10.2 Å². The van der Waals surface area contributed by atoms with Crippen LogP contribution in [0.2, 0.25) is 0 Å². The molecule has 1 atom stereocenters. The fourth-order valence-electron chi connectivity index (χ4n) is 1.59. The van der Waals surface area contributed by atoms with Gasteiger partial charge in [-0.25, -0.2) is 9.59 Å². The highest BCUT2D eigenvalue weighted by Crippen LogP contribution is 2.34. The lowest BCUT2D eigenvalue weighted by atomic mass is 9.83. The normalized spacial score (nSPS) is 14.9. The second kappa shape index (κ2) is 4.37. The van der Waals surface area contributed by atoms with E-state index < -0.39 is 28.9 Å². The van der Waals surface area contributed by atoms with Gasteiger partial charge >= 0.3 is 17.7 Å². The van der Waals surface area contributed by atoms with Crippen LogP contribution in [-0.4, -0.2) is 43.3 Å². The molecular formula is C11H12O7. The Kier molecular flexibility index (Phi) is 3.43. The van der Waals surface area contributed by atoms with Crippen molar-refractivity contribution in [2.75, 3.05) is 0 Å². The van der Waals surface area contributed by atoms with Crippen molar-refractivity contribution in [3.05, 3.63) is 35.4 Å². The first-order chi connectivity index (χ1) is 8.15. The van der Waals surface area contributed by atoms with Gasteiger partial charge in [0.2, 0.25) is 0 Å². The van der Waals surface area contributed by atoms with Crippen molar-refractivity contribution in [1.29, 1.82) is 0 Å². The Morgan fingerprint density at radius 1 is 1.00 bits per heavy atom. The summed E-state index contributed by atoms with van der Waals surface area (Å²) in [6.07, 6.45) is 0. The number of carbonyl (C=O) groups is 2. The van der Waals surface area contributed by atoms with Gasteiger partial charge in [-0.15, -0.1) is 0 Å². The van der Waals surface area contributed by atoms with Gasteiger partial charge in [-0.05, 0) is 12.5 Å². The third-order valence-electron chi connectivity index (χ3n) is 2.65. The topological polar surface area (TPSA) is 135 Å². The van der Waals surface area contributed by atoms with Crippen molar-refractivity contribution in [3.8, 4) is 0 Å². The molecule has 0 amide bonds. The first-order valence-corrected chi connectivity index (χ1v) is 4.85. The van der Waals surface area contributed by atoms with E-state index in [2.05, 4.69) is 0 Å². The zero-order chi connectivity index (χ0) is 14.1. The fourth-order valence-corrected chi connectivity index (χ4v) is 1.59. The van der Waals surface area contributed by atoms with Crippen LogP contribution in [0.3, 0.4) is 0 Å². The van der Waals surface area contributed by atoms with E-state index in [1.807, 2.05) is 0 Å². The monoisotopic (exact) mass is 256 g/mol. The highest BCUT2D eigenvalue weighted by molar-refractivity contribution is 5.90. The zero-order valence-electron chi connectivity index (χ0n) is 9.36. The van der Waals surface area contributed by atoms with Gasteiger partial charge in [0.05, 0.1) is 0 Å². The van der Waals surface area contributed by atoms with E-state index in [1.54, 1.807) is 0 Å². The fraction of sp³-hybridized carbons (Fsp3) is 0.273.